The van der Waals surface area contributed by atoms with Crippen molar-refractivity contribution >= 4 is 5.97 Å². The lowest BCUT2D eigenvalue weighted by Gasteiger charge is -2.26. The monoisotopic (exact) mass is 200 g/mol. The molecule has 3 unspecified atom stereocenters. The fourth-order valence-corrected chi connectivity index (χ4v) is 1.67. The van der Waals surface area contributed by atoms with Gasteiger partial charge in [-0.1, -0.05) is 13.8 Å². The summed E-state index contributed by atoms with van der Waals surface area (Å²) in [4.78, 5) is 11.4. The molecule has 1 N–H and O–H groups in total. The lowest BCUT2D eigenvalue weighted by Crippen LogP contribution is -2.30. The SMILES string of the molecule is CCC(C)C(=O)OC1CCCC(O)C1. The smallest absolute Gasteiger partial charge is 0.308 e. The lowest BCUT2D eigenvalue weighted by molar-refractivity contribution is -0.156. The molecule has 0 heterocycles. The Kier molecular flexibility index (Phi) is 4.39. The Labute approximate surface area is 85.5 Å². The number of ether oxygens (including phenoxy) is 1. The van der Waals surface area contributed by atoms with Crippen LogP contribution in [0.3, 0.4) is 0 Å². The number of carbonyl (C=O) groups excluding carboxylic acids is 1. The van der Waals surface area contributed by atoms with E-state index in [-0.39, 0.29) is 24.1 Å². The van der Waals surface area contributed by atoms with Gasteiger partial charge in [0, 0.05) is 6.42 Å². The summed E-state index contributed by atoms with van der Waals surface area (Å²) in [6.45, 7) is 3.85. The van der Waals surface area contributed by atoms with Gasteiger partial charge in [-0.15, -0.1) is 0 Å². The molecular weight excluding hydrogens is 180 g/mol. The van der Waals surface area contributed by atoms with E-state index in [9.17, 15) is 9.90 Å². The fourth-order valence-electron chi connectivity index (χ4n) is 1.67. The molecule has 0 radical (unpaired) electrons. The second-order valence-electron chi connectivity index (χ2n) is 4.19. The van der Waals surface area contributed by atoms with Gasteiger partial charge < -0.3 is 9.84 Å². The molecule has 14 heavy (non-hydrogen) atoms. The number of hydrogen-bond acceptors (Lipinski definition) is 3. The zero-order chi connectivity index (χ0) is 10.6. The van der Waals surface area contributed by atoms with Crippen LogP contribution >= 0.6 is 0 Å². The van der Waals surface area contributed by atoms with Gasteiger partial charge in [-0.2, -0.15) is 0 Å². The fraction of sp³-hybridized carbons (Fsp3) is 0.909. The Balaban J connectivity index is 2.32. The average molecular weight is 200 g/mol. The Morgan fingerprint density at radius 2 is 2.29 bits per heavy atom. The highest BCUT2D eigenvalue weighted by Crippen LogP contribution is 2.22. The Morgan fingerprint density at radius 3 is 2.86 bits per heavy atom. The van der Waals surface area contributed by atoms with Crippen LogP contribution < -0.4 is 0 Å². The lowest BCUT2D eigenvalue weighted by atomic mass is 9.95. The third-order valence-corrected chi connectivity index (χ3v) is 2.90. The first-order valence-electron chi connectivity index (χ1n) is 5.52. The second-order valence-corrected chi connectivity index (χ2v) is 4.19. The Hall–Kier alpha value is -0.570. The molecular formula is C11H20O3. The molecule has 0 aromatic carbocycles. The first-order chi connectivity index (χ1) is 6.63. The van der Waals surface area contributed by atoms with E-state index < -0.39 is 0 Å². The molecule has 0 bridgehead atoms. The van der Waals surface area contributed by atoms with Crippen molar-refractivity contribution in [2.45, 2.75) is 58.2 Å². The molecule has 1 rings (SSSR count). The second kappa shape index (κ2) is 5.35. The van der Waals surface area contributed by atoms with Crippen LogP contribution in [-0.2, 0) is 9.53 Å². The van der Waals surface area contributed by atoms with Crippen LogP contribution in [0, 0.1) is 5.92 Å². The predicted octanol–water partition coefficient (Wildman–Crippen LogP) is 1.88. The summed E-state index contributed by atoms with van der Waals surface area (Å²) in [6.07, 6.45) is 3.80. The van der Waals surface area contributed by atoms with Gasteiger partial charge in [-0.3, -0.25) is 4.79 Å². The summed E-state index contributed by atoms with van der Waals surface area (Å²) in [6, 6.07) is 0. The van der Waals surface area contributed by atoms with Crippen LogP contribution in [0.1, 0.15) is 46.0 Å². The van der Waals surface area contributed by atoms with E-state index in [0.717, 1.165) is 25.7 Å². The summed E-state index contributed by atoms with van der Waals surface area (Å²) >= 11 is 0. The minimum Gasteiger partial charge on any atom is -0.462 e. The van der Waals surface area contributed by atoms with Crippen LogP contribution in [-0.4, -0.2) is 23.3 Å². The molecule has 1 aliphatic carbocycles. The first kappa shape index (κ1) is 11.5. The standard InChI is InChI=1S/C11H20O3/c1-3-8(2)11(13)14-10-6-4-5-9(12)7-10/h8-10,12H,3-7H2,1-2H3. The normalized spacial score (nSPS) is 29.6. The van der Waals surface area contributed by atoms with Gasteiger partial charge in [-0.25, -0.2) is 0 Å². The third kappa shape index (κ3) is 3.29. The zero-order valence-electron chi connectivity index (χ0n) is 9.03. The highest BCUT2D eigenvalue weighted by molar-refractivity contribution is 5.72. The maximum atomic E-state index is 11.4. The van der Waals surface area contributed by atoms with Crippen molar-refractivity contribution in [2.75, 3.05) is 0 Å². The van der Waals surface area contributed by atoms with Gasteiger partial charge in [0.15, 0.2) is 0 Å². The summed E-state index contributed by atoms with van der Waals surface area (Å²) in [5.74, 6) is -0.138. The van der Waals surface area contributed by atoms with Gasteiger partial charge in [0.2, 0.25) is 0 Å². The van der Waals surface area contributed by atoms with Crippen molar-refractivity contribution in [1.82, 2.24) is 0 Å². The topological polar surface area (TPSA) is 46.5 Å². The van der Waals surface area contributed by atoms with E-state index in [0.29, 0.717) is 6.42 Å². The Bertz CT molecular complexity index is 191. The van der Waals surface area contributed by atoms with E-state index in [1.165, 1.54) is 0 Å². The van der Waals surface area contributed by atoms with Gasteiger partial charge in [0.1, 0.15) is 6.10 Å². The van der Waals surface area contributed by atoms with Crippen LogP contribution in [0.2, 0.25) is 0 Å². The van der Waals surface area contributed by atoms with Crippen LogP contribution in [0.4, 0.5) is 0 Å². The minimum absolute atomic E-state index is 0.0194. The molecule has 82 valence electrons. The molecule has 3 nitrogen and oxygen atoms in total. The van der Waals surface area contributed by atoms with Crippen LogP contribution in [0.25, 0.3) is 0 Å². The third-order valence-electron chi connectivity index (χ3n) is 2.90. The van der Waals surface area contributed by atoms with Crippen molar-refractivity contribution in [3.8, 4) is 0 Å². The van der Waals surface area contributed by atoms with E-state index in [4.69, 9.17) is 4.74 Å². The van der Waals surface area contributed by atoms with Crippen molar-refractivity contribution in [3.63, 3.8) is 0 Å². The van der Waals surface area contributed by atoms with Crippen LogP contribution in [0.15, 0.2) is 0 Å². The van der Waals surface area contributed by atoms with E-state index in [2.05, 4.69) is 0 Å². The molecule has 3 heteroatoms. The summed E-state index contributed by atoms with van der Waals surface area (Å²) in [5, 5.41) is 9.40. The number of hydrogen-bond donors (Lipinski definition) is 1. The number of esters is 1. The minimum atomic E-state index is -0.279. The highest BCUT2D eigenvalue weighted by atomic mass is 16.5. The predicted molar refractivity (Wildman–Crippen MR) is 53.8 cm³/mol. The number of aliphatic hydroxyl groups is 1. The van der Waals surface area contributed by atoms with E-state index in [1.54, 1.807) is 0 Å². The zero-order valence-corrected chi connectivity index (χ0v) is 9.03. The molecule has 0 amide bonds. The quantitative estimate of drug-likeness (QED) is 0.707. The number of aliphatic hydroxyl groups excluding tert-OH is 1. The molecule has 0 aliphatic heterocycles. The molecule has 0 aromatic heterocycles. The van der Waals surface area contributed by atoms with Crippen molar-refractivity contribution in [2.24, 2.45) is 5.92 Å². The van der Waals surface area contributed by atoms with E-state index in [1.807, 2.05) is 13.8 Å². The van der Waals surface area contributed by atoms with Crippen LogP contribution in [0.5, 0.6) is 0 Å². The van der Waals surface area contributed by atoms with Crippen molar-refractivity contribution in [1.29, 1.82) is 0 Å². The van der Waals surface area contributed by atoms with Gasteiger partial charge in [0.25, 0.3) is 0 Å². The maximum Gasteiger partial charge on any atom is 0.308 e. The molecule has 1 fully saturated rings. The Morgan fingerprint density at radius 1 is 1.57 bits per heavy atom. The largest absolute Gasteiger partial charge is 0.462 e. The molecule has 0 saturated heterocycles. The summed E-state index contributed by atoms with van der Waals surface area (Å²) in [7, 11) is 0. The molecule has 1 saturated carbocycles. The molecule has 3 atom stereocenters. The number of carbonyl (C=O) groups is 1. The summed E-state index contributed by atoms with van der Waals surface area (Å²) < 4.78 is 5.32. The van der Waals surface area contributed by atoms with Gasteiger partial charge in [0.05, 0.1) is 12.0 Å². The van der Waals surface area contributed by atoms with Gasteiger partial charge >= 0.3 is 5.97 Å². The van der Waals surface area contributed by atoms with Gasteiger partial charge in [-0.05, 0) is 25.7 Å². The summed E-state index contributed by atoms with van der Waals surface area (Å²) in [5.41, 5.74) is 0. The number of rotatable bonds is 3. The van der Waals surface area contributed by atoms with Crippen molar-refractivity contribution < 1.29 is 14.6 Å². The molecule has 1 aliphatic rings. The average Bonchev–Trinajstić information content (AvgIpc) is 2.16. The first-order valence-corrected chi connectivity index (χ1v) is 5.52. The highest BCUT2D eigenvalue weighted by Gasteiger charge is 2.24. The maximum absolute atomic E-state index is 11.4. The molecule has 0 spiro atoms. The van der Waals surface area contributed by atoms with Crippen molar-refractivity contribution in [3.05, 3.63) is 0 Å². The molecule has 0 aromatic rings. The van der Waals surface area contributed by atoms with E-state index >= 15 is 0 Å².